The van der Waals surface area contributed by atoms with E-state index in [1.807, 2.05) is 54.0 Å². The van der Waals surface area contributed by atoms with Crippen LogP contribution in [0.2, 0.25) is 5.02 Å². The zero-order valence-electron chi connectivity index (χ0n) is 24.9. The summed E-state index contributed by atoms with van der Waals surface area (Å²) in [4.78, 5) is 36.9. The molecule has 1 aliphatic heterocycles. The van der Waals surface area contributed by atoms with Gasteiger partial charge in [-0.25, -0.2) is 19.5 Å². The summed E-state index contributed by atoms with van der Waals surface area (Å²) in [5.41, 5.74) is 5.94. The molecule has 2 N–H and O–H groups in total. The maximum atomic E-state index is 13.9. The van der Waals surface area contributed by atoms with E-state index in [1.54, 1.807) is 68.7 Å². The molecule has 3 aromatic carbocycles. The predicted molar refractivity (Wildman–Crippen MR) is 174 cm³/mol. The number of esters is 1. The number of allylic oxidation sites excluding steroid dienone is 2. The first-order valence-electron chi connectivity index (χ1n) is 14.4. The van der Waals surface area contributed by atoms with E-state index < -0.39 is 18.0 Å². The molecule has 0 radical (unpaired) electrons. The molecule has 0 spiro atoms. The summed E-state index contributed by atoms with van der Waals surface area (Å²) < 4.78 is 7.65. The van der Waals surface area contributed by atoms with E-state index in [0.717, 1.165) is 22.5 Å². The number of pyridine rings is 1. The van der Waals surface area contributed by atoms with E-state index in [4.69, 9.17) is 16.3 Å². The minimum Gasteiger partial charge on any atom is -0.464 e. The number of fused-ring (bicyclic) bond motifs is 1. The van der Waals surface area contributed by atoms with Gasteiger partial charge >= 0.3 is 12.1 Å². The Morgan fingerprint density at radius 3 is 2.40 bits per heavy atom. The van der Waals surface area contributed by atoms with Gasteiger partial charge in [-0.1, -0.05) is 60.1 Å². The van der Waals surface area contributed by atoms with Crippen LogP contribution in [0.15, 0.2) is 114 Å². The summed E-state index contributed by atoms with van der Waals surface area (Å²) in [7, 11) is 0. The normalized spacial score (nSPS) is 14.8. The predicted octanol–water partition coefficient (Wildman–Crippen LogP) is 7.46. The van der Waals surface area contributed by atoms with Gasteiger partial charge in [-0.15, -0.1) is 0 Å². The Bertz CT molecular complexity index is 1980. The van der Waals surface area contributed by atoms with Crippen molar-refractivity contribution >= 4 is 46.1 Å². The number of hydrogen-bond acceptors (Lipinski definition) is 6. The van der Waals surface area contributed by atoms with Crippen molar-refractivity contribution in [3.63, 3.8) is 0 Å². The first-order chi connectivity index (χ1) is 21.8. The van der Waals surface area contributed by atoms with Gasteiger partial charge in [0.1, 0.15) is 11.3 Å². The molecule has 226 valence electrons. The molecular formula is C35H30ClN5O4. The molecular weight excluding hydrogens is 590 g/mol. The third-order valence-corrected chi connectivity index (χ3v) is 8.07. The molecule has 45 heavy (non-hydrogen) atoms. The van der Waals surface area contributed by atoms with Gasteiger partial charge in [0.05, 0.1) is 46.9 Å². The second kappa shape index (κ2) is 12.3. The summed E-state index contributed by atoms with van der Waals surface area (Å²) in [5.74, 6) is -0.650. The minimum atomic E-state index is -1.21. The molecule has 0 aliphatic carbocycles. The Labute approximate surface area is 265 Å². The number of para-hydroxylation sites is 1. The lowest BCUT2D eigenvalue weighted by Gasteiger charge is -2.37. The van der Waals surface area contributed by atoms with Crippen molar-refractivity contribution in [2.24, 2.45) is 0 Å². The molecule has 1 amide bonds. The van der Waals surface area contributed by atoms with E-state index in [2.05, 4.69) is 15.3 Å². The van der Waals surface area contributed by atoms with Gasteiger partial charge in [-0.2, -0.15) is 0 Å². The Morgan fingerprint density at radius 1 is 1.00 bits per heavy atom. The summed E-state index contributed by atoms with van der Waals surface area (Å²) in [6.07, 6.45) is 2.25. The molecule has 10 heteroatoms. The number of rotatable bonds is 7. The number of anilines is 1. The van der Waals surface area contributed by atoms with Gasteiger partial charge in [-0.3, -0.25) is 9.55 Å². The fourth-order valence-corrected chi connectivity index (χ4v) is 6.11. The van der Waals surface area contributed by atoms with Crippen molar-refractivity contribution in [2.45, 2.75) is 26.7 Å². The van der Waals surface area contributed by atoms with Crippen LogP contribution in [0, 0.1) is 6.92 Å². The molecule has 1 unspecified atom stereocenters. The number of hydrogen-bond donors (Lipinski definition) is 2. The highest BCUT2D eigenvalue weighted by molar-refractivity contribution is 6.31. The topological polar surface area (TPSA) is 110 Å². The van der Waals surface area contributed by atoms with Crippen LogP contribution in [0.4, 0.5) is 10.5 Å². The molecule has 0 bridgehead atoms. The second-order valence-electron chi connectivity index (χ2n) is 10.5. The zero-order valence-corrected chi connectivity index (χ0v) is 25.6. The van der Waals surface area contributed by atoms with Crippen LogP contribution in [0.3, 0.4) is 0 Å². The van der Waals surface area contributed by atoms with E-state index in [-0.39, 0.29) is 12.2 Å². The largest absolute Gasteiger partial charge is 0.464 e. The minimum absolute atomic E-state index is 0.130. The van der Waals surface area contributed by atoms with Crippen LogP contribution in [0.1, 0.15) is 36.7 Å². The van der Waals surface area contributed by atoms with Crippen molar-refractivity contribution < 1.29 is 19.4 Å². The first kappa shape index (κ1) is 29.7. The lowest BCUT2D eigenvalue weighted by atomic mass is 9.81. The monoisotopic (exact) mass is 619 g/mol. The van der Waals surface area contributed by atoms with E-state index in [1.165, 1.54) is 4.90 Å². The SMILES string of the molecule is CCOC(=O)C1=C(c2ccc(-n3c(C)nc4cnccc43)cc2)NC(C)=C(N(C(=O)O)c2ccccc2)C1c1ccccc1Cl. The zero-order chi connectivity index (χ0) is 31.7. The van der Waals surface area contributed by atoms with Gasteiger partial charge in [-0.05, 0) is 68.3 Å². The molecule has 6 rings (SSSR count). The average molecular weight is 620 g/mol. The molecule has 1 aliphatic rings. The highest BCUT2D eigenvalue weighted by Gasteiger charge is 2.41. The number of dihydropyridines is 1. The van der Waals surface area contributed by atoms with Gasteiger partial charge in [0.25, 0.3) is 0 Å². The van der Waals surface area contributed by atoms with Crippen LogP contribution >= 0.6 is 11.6 Å². The molecule has 3 heterocycles. The molecule has 0 saturated carbocycles. The number of carbonyl (C=O) groups excluding carboxylic acids is 1. The number of benzene rings is 3. The van der Waals surface area contributed by atoms with Crippen LogP contribution < -0.4 is 10.2 Å². The first-order valence-corrected chi connectivity index (χ1v) is 14.8. The van der Waals surface area contributed by atoms with Crippen molar-refractivity contribution in [2.75, 3.05) is 11.5 Å². The number of halogens is 1. The van der Waals surface area contributed by atoms with Crippen LogP contribution in [0.25, 0.3) is 22.4 Å². The van der Waals surface area contributed by atoms with Crippen LogP contribution in [-0.2, 0) is 9.53 Å². The molecule has 1 atom stereocenters. The summed E-state index contributed by atoms with van der Waals surface area (Å²) in [6.45, 7) is 5.59. The quantitative estimate of drug-likeness (QED) is 0.182. The van der Waals surface area contributed by atoms with Gasteiger partial charge < -0.3 is 15.2 Å². The number of carboxylic acid groups (broad SMARTS) is 1. The third kappa shape index (κ3) is 5.42. The van der Waals surface area contributed by atoms with E-state index >= 15 is 0 Å². The van der Waals surface area contributed by atoms with Gasteiger partial charge in [0, 0.05) is 22.6 Å². The molecule has 2 aromatic heterocycles. The summed E-state index contributed by atoms with van der Waals surface area (Å²) >= 11 is 6.79. The van der Waals surface area contributed by atoms with E-state index in [9.17, 15) is 14.7 Å². The molecule has 9 nitrogen and oxygen atoms in total. The third-order valence-electron chi connectivity index (χ3n) is 7.72. The van der Waals surface area contributed by atoms with Crippen LogP contribution in [0.5, 0.6) is 0 Å². The number of aryl methyl sites for hydroxylation is 1. The van der Waals surface area contributed by atoms with Gasteiger partial charge in [0.15, 0.2) is 0 Å². The fraction of sp³-hybridized carbons (Fsp3) is 0.143. The Morgan fingerprint density at radius 2 is 1.71 bits per heavy atom. The van der Waals surface area contributed by atoms with Crippen molar-refractivity contribution in [3.05, 3.63) is 136 Å². The smallest absolute Gasteiger partial charge is 0.416 e. The van der Waals surface area contributed by atoms with Gasteiger partial charge in [0.2, 0.25) is 0 Å². The Kier molecular flexibility index (Phi) is 8.10. The summed E-state index contributed by atoms with van der Waals surface area (Å²) in [6, 6.07) is 25.5. The number of ether oxygens (including phenoxy) is 1. The Balaban J connectivity index is 1.56. The maximum absolute atomic E-state index is 13.9. The van der Waals surface area contributed by atoms with Crippen molar-refractivity contribution in [1.82, 2.24) is 19.9 Å². The maximum Gasteiger partial charge on any atom is 0.416 e. The van der Waals surface area contributed by atoms with E-state index in [0.29, 0.717) is 38.9 Å². The average Bonchev–Trinajstić information content (AvgIpc) is 3.38. The highest BCUT2D eigenvalue weighted by atomic mass is 35.5. The Hall–Kier alpha value is -5.41. The molecule has 0 saturated heterocycles. The number of amides is 1. The second-order valence-corrected chi connectivity index (χ2v) is 10.9. The van der Waals surface area contributed by atoms with Crippen molar-refractivity contribution in [1.29, 1.82) is 0 Å². The molecule has 0 fully saturated rings. The lowest BCUT2D eigenvalue weighted by molar-refractivity contribution is -0.138. The van der Waals surface area contributed by atoms with Crippen LogP contribution in [-0.4, -0.2) is 38.3 Å². The fourth-order valence-electron chi connectivity index (χ4n) is 5.87. The number of nitrogens with zero attached hydrogens (tertiary/aromatic N) is 4. The standard InChI is InChI=1S/C35H30ClN5O4/c1-4-45-34(42)31-30(26-12-8-9-13-27(26)36)33(41(35(43)44)24-10-6-5-7-11-24)21(2)38-32(31)23-14-16-25(17-15-23)40-22(3)39-28-20-37-19-18-29(28)40/h5-20,30,38H,4H2,1-3H3,(H,43,44). The lowest BCUT2D eigenvalue weighted by Crippen LogP contribution is -2.39. The number of nitrogens with one attached hydrogen (secondary N) is 1. The number of aromatic nitrogens is 3. The highest BCUT2D eigenvalue weighted by Crippen LogP contribution is 2.46. The summed E-state index contributed by atoms with van der Waals surface area (Å²) in [5, 5.41) is 14.3. The number of carbonyl (C=O) groups is 2. The molecule has 5 aromatic rings. The number of imidazole rings is 1. The van der Waals surface area contributed by atoms with Crippen molar-refractivity contribution in [3.8, 4) is 5.69 Å².